The van der Waals surface area contributed by atoms with Crippen LogP contribution < -0.4 is 5.32 Å². The highest BCUT2D eigenvalue weighted by Gasteiger charge is 2.43. The van der Waals surface area contributed by atoms with E-state index in [2.05, 4.69) is 12.2 Å². The summed E-state index contributed by atoms with van der Waals surface area (Å²) in [5.41, 5.74) is 1.63. The van der Waals surface area contributed by atoms with Crippen molar-refractivity contribution in [3.05, 3.63) is 34.3 Å². The molecule has 3 rings (SSSR count). The standard InChI is InChI=1S/C15H19ClN2O/c1-9-12(4-3-5-14(9)16)15(19)18-8-11-6-17-7-13(11)10(18)2/h3-5,10-11,13,17H,6-8H2,1-2H3. The summed E-state index contributed by atoms with van der Waals surface area (Å²) in [5.74, 6) is 1.34. The first-order valence-electron chi connectivity index (χ1n) is 6.86. The molecule has 0 radical (unpaired) electrons. The zero-order valence-corrected chi connectivity index (χ0v) is 12.1. The molecule has 0 spiro atoms. The van der Waals surface area contributed by atoms with E-state index >= 15 is 0 Å². The third-order valence-electron chi connectivity index (χ3n) is 4.69. The number of benzene rings is 1. The Labute approximate surface area is 118 Å². The Morgan fingerprint density at radius 1 is 1.42 bits per heavy atom. The molecule has 0 aromatic heterocycles. The molecule has 102 valence electrons. The monoisotopic (exact) mass is 278 g/mol. The van der Waals surface area contributed by atoms with E-state index in [-0.39, 0.29) is 5.91 Å². The van der Waals surface area contributed by atoms with Crippen molar-refractivity contribution < 1.29 is 4.79 Å². The Kier molecular flexibility index (Phi) is 3.27. The number of rotatable bonds is 1. The fourth-order valence-electron chi connectivity index (χ4n) is 3.43. The number of hydrogen-bond donors (Lipinski definition) is 1. The molecule has 2 aliphatic rings. The average molecular weight is 279 g/mol. The number of nitrogens with zero attached hydrogens (tertiary/aromatic N) is 1. The molecule has 1 N–H and O–H groups in total. The Hall–Kier alpha value is -1.06. The van der Waals surface area contributed by atoms with Crippen molar-refractivity contribution in [2.24, 2.45) is 11.8 Å². The van der Waals surface area contributed by atoms with Crippen molar-refractivity contribution in [2.45, 2.75) is 19.9 Å². The molecule has 1 amide bonds. The van der Waals surface area contributed by atoms with Crippen LogP contribution in [0.5, 0.6) is 0 Å². The Bertz CT molecular complexity index is 517. The van der Waals surface area contributed by atoms with Gasteiger partial charge in [0.2, 0.25) is 0 Å². The summed E-state index contributed by atoms with van der Waals surface area (Å²) in [4.78, 5) is 14.7. The fourth-order valence-corrected chi connectivity index (χ4v) is 3.60. The molecule has 0 bridgehead atoms. The Morgan fingerprint density at radius 3 is 2.95 bits per heavy atom. The second-order valence-corrected chi connectivity index (χ2v) is 6.10. The molecule has 3 unspecified atom stereocenters. The van der Waals surface area contributed by atoms with Crippen LogP contribution in [0.4, 0.5) is 0 Å². The maximum Gasteiger partial charge on any atom is 0.254 e. The molecule has 3 atom stereocenters. The van der Waals surface area contributed by atoms with E-state index < -0.39 is 0 Å². The van der Waals surface area contributed by atoms with Gasteiger partial charge in [-0.1, -0.05) is 17.7 Å². The Balaban J connectivity index is 1.87. The topological polar surface area (TPSA) is 32.3 Å². The van der Waals surface area contributed by atoms with Crippen LogP contribution in [-0.4, -0.2) is 36.5 Å². The van der Waals surface area contributed by atoms with Crippen molar-refractivity contribution in [3.8, 4) is 0 Å². The maximum absolute atomic E-state index is 12.7. The summed E-state index contributed by atoms with van der Waals surface area (Å²) < 4.78 is 0. The van der Waals surface area contributed by atoms with E-state index in [0.29, 0.717) is 22.9 Å². The highest BCUT2D eigenvalue weighted by molar-refractivity contribution is 6.31. The lowest BCUT2D eigenvalue weighted by Crippen LogP contribution is -2.38. The predicted octanol–water partition coefficient (Wildman–Crippen LogP) is 2.33. The number of hydrogen-bond acceptors (Lipinski definition) is 2. The van der Waals surface area contributed by atoms with Gasteiger partial charge in [-0.15, -0.1) is 0 Å². The minimum absolute atomic E-state index is 0.127. The van der Waals surface area contributed by atoms with E-state index in [1.807, 2.05) is 30.0 Å². The van der Waals surface area contributed by atoms with Crippen LogP contribution in [0.2, 0.25) is 5.02 Å². The first-order valence-corrected chi connectivity index (χ1v) is 7.24. The number of fused-ring (bicyclic) bond motifs is 1. The molecule has 19 heavy (non-hydrogen) atoms. The minimum atomic E-state index is 0.127. The Morgan fingerprint density at radius 2 is 2.21 bits per heavy atom. The molecule has 1 aromatic carbocycles. The van der Waals surface area contributed by atoms with Crippen LogP contribution in [0.1, 0.15) is 22.8 Å². The van der Waals surface area contributed by atoms with E-state index in [1.165, 1.54) is 0 Å². The number of amides is 1. The highest BCUT2D eigenvalue weighted by atomic mass is 35.5. The summed E-state index contributed by atoms with van der Waals surface area (Å²) in [6.07, 6.45) is 0. The first-order chi connectivity index (χ1) is 9.09. The third kappa shape index (κ3) is 2.05. The van der Waals surface area contributed by atoms with Gasteiger partial charge < -0.3 is 10.2 Å². The second-order valence-electron chi connectivity index (χ2n) is 5.69. The summed E-state index contributed by atoms with van der Waals surface area (Å²) in [6.45, 7) is 7.01. The van der Waals surface area contributed by atoms with Crippen LogP contribution in [0.15, 0.2) is 18.2 Å². The number of carbonyl (C=O) groups is 1. The molecule has 1 aromatic rings. The van der Waals surface area contributed by atoms with Gasteiger partial charge in [-0.05, 0) is 43.4 Å². The zero-order valence-electron chi connectivity index (χ0n) is 11.3. The van der Waals surface area contributed by atoms with Gasteiger partial charge in [-0.25, -0.2) is 0 Å². The summed E-state index contributed by atoms with van der Waals surface area (Å²) in [7, 11) is 0. The van der Waals surface area contributed by atoms with E-state index in [0.717, 1.165) is 30.8 Å². The quantitative estimate of drug-likeness (QED) is 0.855. The smallest absolute Gasteiger partial charge is 0.254 e. The number of nitrogens with one attached hydrogen (secondary N) is 1. The third-order valence-corrected chi connectivity index (χ3v) is 5.10. The maximum atomic E-state index is 12.7. The SMILES string of the molecule is Cc1c(Cl)cccc1C(=O)N1CC2CNCC2C1C. The van der Waals surface area contributed by atoms with Crippen molar-refractivity contribution >= 4 is 17.5 Å². The first kappa shape index (κ1) is 12.9. The van der Waals surface area contributed by atoms with Gasteiger partial charge in [0, 0.05) is 36.3 Å². The predicted molar refractivity (Wildman–Crippen MR) is 76.5 cm³/mol. The van der Waals surface area contributed by atoms with E-state index in [1.54, 1.807) is 0 Å². The molecule has 3 nitrogen and oxygen atoms in total. The highest BCUT2D eigenvalue weighted by Crippen LogP contribution is 2.34. The number of halogens is 1. The average Bonchev–Trinajstić information content (AvgIpc) is 2.96. The van der Waals surface area contributed by atoms with Gasteiger partial charge in [0.15, 0.2) is 0 Å². The van der Waals surface area contributed by atoms with Gasteiger partial charge in [0.05, 0.1) is 0 Å². The minimum Gasteiger partial charge on any atom is -0.335 e. The molecule has 2 fully saturated rings. The second kappa shape index (κ2) is 4.80. The molecule has 2 aliphatic heterocycles. The van der Waals surface area contributed by atoms with Gasteiger partial charge in [0.25, 0.3) is 5.91 Å². The van der Waals surface area contributed by atoms with Crippen LogP contribution in [0.25, 0.3) is 0 Å². The van der Waals surface area contributed by atoms with Gasteiger partial charge in [-0.3, -0.25) is 4.79 Å². The molecule has 0 aliphatic carbocycles. The summed E-state index contributed by atoms with van der Waals surface area (Å²) in [6, 6.07) is 5.87. The molecular weight excluding hydrogens is 260 g/mol. The van der Waals surface area contributed by atoms with Crippen LogP contribution in [0.3, 0.4) is 0 Å². The van der Waals surface area contributed by atoms with Crippen LogP contribution in [0, 0.1) is 18.8 Å². The summed E-state index contributed by atoms with van der Waals surface area (Å²) >= 11 is 6.12. The molecule has 0 saturated carbocycles. The lowest BCUT2D eigenvalue weighted by Gasteiger charge is -2.25. The van der Waals surface area contributed by atoms with Crippen molar-refractivity contribution in [1.82, 2.24) is 10.2 Å². The number of carbonyl (C=O) groups excluding carboxylic acids is 1. The van der Waals surface area contributed by atoms with Crippen LogP contribution >= 0.6 is 11.6 Å². The molecule has 2 saturated heterocycles. The largest absolute Gasteiger partial charge is 0.335 e. The van der Waals surface area contributed by atoms with Crippen molar-refractivity contribution in [2.75, 3.05) is 19.6 Å². The van der Waals surface area contributed by atoms with E-state index in [4.69, 9.17) is 11.6 Å². The van der Waals surface area contributed by atoms with E-state index in [9.17, 15) is 4.79 Å². The zero-order chi connectivity index (χ0) is 13.6. The lowest BCUT2D eigenvalue weighted by atomic mass is 9.95. The normalized spacial score (nSPS) is 29.6. The lowest BCUT2D eigenvalue weighted by molar-refractivity contribution is 0.0728. The summed E-state index contributed by atoms with van der Waals surface area (Å²) in [5, 5.41) is 4.08. The van der Waals surface area contributed by atoms with Crippen molar-refractivity contribution in [1.29, 1.82) is 0 Å². The molecular formula is C15H19ClN2O. The van der Waals surface area contributed by atoms with Crippen LogP contribution in [-0.2, 0) is 0 Å². The van der Waals surface area contributed by atoms with Gasteiger partial charge >= 0.3 is 0 Å². The van der Waals surface area contributed by atoms with Gasteiger partial charge in [-0.2, -0.15) is 0 Å². The van der Waals surface area contributed by atoms with Gasteiger partial charge in [0.1, 0.15) is 0 Å². The fraction of sp³-hybridized carbons (Fsp3) is 0.533. The molecule has 4 heteroatoms. The molecule has 2 heterocycles. The number of likely N-dealkylation sites (tertiary alicyclic amines) is 1. The van der Waals surface area contributed by atoms with Crippen molar-refractivity contribution in [3.63, 3.8) is 0 Å².